The van der Waals surface area contributed by atoms with Crippen molar-refractivity contribution >= 4 is 17.7 Å². The fraction of sp³-hybridized carbons (Fsp3) is 0.111. The first-order valence-corrected chi connectivity index (χ1v) is 6.98. The minimum Gasteiger partial charge on any atom is -0.493 e. The quantitative estimate of drug-likeness (QED) is 0.675. The van der Waals surface area contributed by atoms with Crippen LogP contribution in [0.3, 0.4) is 0 Å². The van der Waals surface area contributed by atoms with Gasteiger partial charge in [0.2, 0.25) is 0 Å². The molecule has 0 atom stereocenters. The molecular weight excluding hydrogens is 311 g/mol. The summed E-state index contributed by atoms with van der Waals surface area (Å²) in [5.74, 6) is -0.207. The molecule has 0 bridgehead atoms. The number of ether oxygens (including phenoxy) is 2. The van der Waals surface area contributed by atoms with E-state index in [4.69, 9.17) is 14.7 Å². The molecular formula is C18H15FN2O3. The summed E-state index contributed by atoms with van der Waals surface area (Å²) in [5.41, 5.74) is 0.374. The zero-order valence-corrected chi connectivity index (χ0v) is 13.2. The molecule has 0 saturated carbocycles. The number of methoxy groups -OCH3 is 2. The second-order valence-corrected chi connectivity index (χ2v) is 4.72. The summed E-state index contributed by atoms with van der Waals surface area (Å²) in [5, 5.41) is 11.7. The highest BCUT2D eigenvalue weighted by Crippen LogP contribution is 2.29. The van der Waals surface area contributed by atoms with Gasteiger partial charge >= 0.3 is 0 Å². The fourth-order valence-corrected chi connectivity index (χ4v) is 2.01. The van der Waals surface area contributed by atoms with Gasteiger partial charge in [-0.2, -0.15) is 5.26 Å². The maximum Gasteiger partial charge on any atom is 0.266 e. The molecule has 0 spiro atoms. The summed E-state index contributed by atoms with van der Waals surface area (Å²) < 4.78 is 23.9. The molecule has 2 aromatic rings. The first-order valence-electron chi connectivity index (χ1n) is 6.98. The van der Waals surface area contributed by atoms with Crippen LogP contribution in [-0.4, -0.2) is 20.1 Å². The lowest BCUT2D eigenvalue weighted by Gasteiger charge is -2.10. The lowest BCUT2D eigenvalue weighted by molar-refractivity contribution is -0.112. The molecule has 1 amide bonds. The summed E-state index contributed by atoms with van der Waals surface area (Å²) in [7, 11) is 2.98. The Labute approximate surface area is 138 Å². The predicted molar refractivity (Wildman–Crippen MR) is 88.2 cm³/mol. The van der Waals surface area contributed by atoms with Crippen LogP contribution >= 0.6 is 0 Å². The molecule has 122 valence electrons. The van der Waals surface area contributed by atoms with E-state index in [9.17, 15) is 9.18 Å². The third kappa shape index (κ3) is 3.90. The van der Waals surface area contributed by atoms with Crippen LogP contribution in [0.15, 0.2) is 48.0 Å². The second kappa shape index (κ2) is 7.79. The minimum atomic E-state index is -0.645. The number of nitrogens with zero attached hydrogens (tertiary/aromatic N) is 1. The van der Waals surface area contributed by atoms with Crippen LogP contribution in [0.25, 0.3) is 6.08 Å². The zero-order valence-electron chi connectivity index (χ0n) is 13.2. The third-order valence-electron chi connectivity index (χ3n) is 3.21. The Balaban J connectivity index is 2.25. The molecule has 0 unspecified atom stereocenters. The predicted octanol–water partition coefficient (Wildman–Crippen LogP) is 3.39. The lowest BCUT2D eigenvalue weighted by atomic mass is 10.1. The van der Waals surface area contributed by atoms with Gasteiger partial charge in [-0.3, -0.25) is 4.79 Å². The van der Waals surface area contributed by atoms with Gasteiger partial charge in [0.1, 0.15) is 17.5 Å². The Morgan fingerprint density at radius 1 is 1.17 bits per heavy atom. The monoisotopic (exact) mass is 326 g/mol. The highest BCUT2D eigenvalue weighted by atomic mass is 19.1. The van der Waals surface area contributed by atoms with Crippen molar-refractivity contribution < 1.29 is 18.7 Å². The highest BCUT2D eigenvalue weighted by Gasteiger charge is 2.12. The second-order valence-electron chi connectivity index (χ2n) is 4.72. The van der Waals surface area contributed by atoms with Gasteiger partial charge in [0.05, 0.1) is 14.2 Å². The number of rotatable bonds is 5. The van der Waals surface area contributed by atoms with Gasteiger partial charge in [-0.05, 0) is 24.3 Å². The first-order chi connectivity index (χ1) is 11.6. The number of benzene rings is 2. The zero-order chi connectivity index (χ0) is 17.5. The lowest BCUT2D eigenvalue weighted by Crippen LogP contribution is -2.13. The van der Waals surface area contributed by atoms with Gasteiger partial charge < -0.3 is 14.8 Å². The van der Waals surface area contributed by atoms with Crippen molar-refractivity contribution in [2.24, 2.45) is 0 Å². The van der Waals surface area contributed by atoms with Gasteiger partial charge in [-0.1, -0.05) is 18.2 Å². The van der Waals surface area contributed by atoms with E-state index in [1.54, 1.807) is 30.3 Å². The number of carbonyl (C=O) groups is 1. The first kappa shape index (κ1) is 17.0. The van der Waals surface area contributed by atoms with Crippen LogP contribution in [0.1, 0.15) is 5.56 Å². The standard InChI is InChI=1S/C18H15FN2O3/c1-23-16-8-7-14(10-17(16)24-2)21-18(22)13(11-20)9-12-5-3-4-6-15(12)19/h3-10H,1-2H3,(H,21,22)/b13-9-. The van der Waals surface area contributed by atoms with Crippen molar-refractivity contribution in [1.82, 2.24) is 0 Å². The number of nitriles is 1. The molecule has 24 heavy (non-hydrogen) atoms. The van der Waals surface area contributed by atoms with E-state index >= 15 is 0 Å². The molecule has 0 aliphatic rings. The van der Waals surface area contributed by atoms with E-state index in [-0.39, 0.29) is 11.1 Å². The molecule has 0 aliphatic carbocycles. The van der Waals surface area contributed by atoms with E-state index in [2.05, 4.69) is 5.32 Å². The van der Waals surface area contributed by atoms with Crippen LogP contribution in [0.2, 0.25) is 0 Å². The summed E-state index contributed by atoms with van der Waals surface area (Å²) in [4.78, 5) is 12.2. The number of hydrogen-bond donors (Lipinski definition) is 1. The Kier molecular flexibility index (Phi) is 5.53. The maximum absolute atomic E-state index is 13.6. The number of anilines is 1. The third-order valence-corrected chi connectivity index (χ3v) is 3.21. The molecule has 1 N–H and O–H groups in total. The Morgan fingerprint density at radius 3 is 2.50 bits per heavy atom. The summed E-state index contributed by atoms with van der Waals surface area (Å²) in [6.45, 7) is 0. The minimum absolute atomic E-state index is 0.163. The van der Waals surface area contributed by atoms with Gasteiger partial charge in [0, 0.05) is 17.3 Å². The van der Waals surface area contributed by atoms with E-state index in [1.807, 2.05) is 0 Å². The molecule has 5 nitrogen and oxygen atoms in total. The van der Waals surface area contributed by atoms with Crippen LogP contribution in [0.4, 0.5) is 10.1 Å². The molecule has 0 aliphatic heterocycles. The Hall–Kier alpha value is -3.33. The largest absolute Gasteiger partial charge is 0.493 e. The van der Waals surface area contributed by atoms with Crippen molar-refractivity contribution in [3.63, 3.8) is 0 Å². The SMILES string of the molecule is COc1ccc(NC(=O)/C(C#N)=C\c2ccccc2F)cc1OC. The van der Waals surface area contributed by atoms with Crippen molar-refractivity contribution in [1.29, 1.82) is 5.26 Å². The molecule has 2 rings (SSSR count). The van der Waals surface area contributed by atoms with Crippen LogP contribution in [-0.2, 0) is 4.79 Å². The topological polar surface area (TPSA) is 71.3 Å². The van der Waals surface area contributed by atoms with E-state index < -0.39 is 11.7 Å². The van der Waals surface area contributed by atoms with Crippen LogP contribution in [0, 0.1) is 17.1 Å². The fourth-order valence-electron chi connectivity index (χ4n) is 2.01. The van der Waals surface area contributed by atoms with Crippen LogP contribution < -0.4 is 14.8 Å². The van der Waals surface area contributed by atoms with Gasteiger partial charge in [-0.15, -0.1) is 0 Å². The van der Waals surface area contributed by atoms with E-state index in [0.29, 0.717) is 17.2 Å². The molecule has 0 fully saturated rings. The van der Waals surface area contributed by atoms with Crippen molar-refractivity contribution in [2.75, 3.05) is 19.5 Å². The number of hydrogen-bond acceptors (Lipinski definition) is 4. The molecule has 0 radical (unpaired) electrons. The van der Waals surface area contributed by atoms with Crippen molar-refractivity contribution in [2.45, 2.75) is 0 Å². The molecule has 2 aromatic carbocycles. The number of carbonyl (C=O) groups excluding carboxylic acids is 1. The van der Waals surface area contributed by atoms with Gasteiger partial charge in [0.25, 0.3) is 5.91 Å². The summed E-state index contributed by atoms with van der Waals surface area (Å²) >= 11 is 0. The van der Waals surface area contributed by atoms with Gasteiger partial charge in [-0.25, -0.2) is 4.39 Å². The van der Waals surface area contributed by atoms with E-state index in [0.717, 1.165) is 0 Å². The van der Waals surface area contributed by atoms with Crippen LogP contribution in [0.5, 0.6) is 11.5 Å². The van der Waals surface area contributed by atoms with Crippen molar-refractivity contribution in [3.05, 3.63) is 59.4 Å². The smallest absolute Gasteiger partial charge is 0.266 e. The number of amides is 1. The number of nitrogens with one attached hydrogen (secondary N) is 1. The van der Waals surface area contributed by atoms with Crippen molar-refractivity contribution in [3.8, 4) is 17.6 Å². The number of halogens is 1. The Morgan fingerprint density at radius 2 is 1.88 bits per heavy atom. The average molecular weight is 326 g/mol. The maximum atomic E-state index is 13.6. The van der Waals surface area contributed by atoms with E-state index in [1.165, 1.54) is 38.5 Å². The summed E-state index contributed by atoms with van der Waals surface area (Å²) in [6.07, 6.45) is 1.20. The molecule has 6 heteroatoms. The molecule has 0 heterocycles. The molecule has 0 aromatic heterocycles. The Bertz CT molecular complexity index is 825. The average Bonchev–Trinajstić information content (AvgIpc) is 2.60. The highest BCUT2D eigenvalue weighted by molar-refractivity contribution is 6.09. The molecule has 0 saturated heterocycles. The van der Waals surface area contributed by atoms with Gasteiger partial charge in [0.15, 0.2) is 11.5 Å². The summed E-state index contributed by atoms with van der Waals surface area (Å²) in [6, 6.07) is 12.5. The normalized spacial score (nSPS) is 10.7.